The van der Waals surface area contributed by atoms with Gasteiger partial charge in [-0.3, -0.25) is 4.79 Å². The Labute approximate surface area is 189 Å². The molecule has 3 aromatic rings. The van der Waals surface area contributed by atoms with Crippen LogP contribution in [0.4, 0.5) is 17.5 Å². The predicted molar refractivity (Wildman–Crippen MR) is 129 cm³/mol. The zero-order valence-electron chi connectivity index (χ0n) is 19.1. The SMILES string of the molecule is CN(c1nc(Nc2ccc(C3(C(=O)O)CCC3)cc2)cc(-c2ccccc2)n1)C(C)(C)C. The van der Waals surface area contributed by atoms with Crippen LogP contribution in [0.25, 0.3) is 11.3 Å². The van der Waals surface area contributed by atoms with Crippen LogP contribution in [-0.2, 0) is 10.2 Å². The minimum atomic E-state index is -0.734. The maximum Gasteiger partial charge on any atom is 0.314 e. The molecule has 0 amide bonds. The zero-order valence-corrected chi connectivity index (χ0v) is 19.1. The summed E-state index contributed by atoms with van der Waals surface area (Å²) in [5.74, 6) is 0.592. The molecule has 0 spiro atoms. The van der Waals surface area contributed by atoms with Crippen LogP contribution >= 0.6 is 0 Å². The number of carboxylic acids is 1. The highest BCUT2D eigenvalue weighted by molar-refractivity contribution is 5.83. The van der Waals surface area contributed by atoms with Gasteiger partial charge in [-0.15, -0.1) is 0 Å². The minimum Gasteiger partial charge on any atom is -0.481 e. The van der Waals surface area contributed by atoms with Crippen molar-refractivity contribution in [3.05, 3.63) is 66.2 Å². The molecular weight excluding hydrogens is 400 g/mol. The van der Waals surface area contributed by atoms with Gasteiger partial charge in [-0.25, -0.2) is 4.98 Å². The number of hydrogen-bond donors (Lipinski definition) is 2. The molecule has 0 radical (unpaired) electrons. The number of nitrogens with one attached hydrogen (secondary N) is 1. The molecule has 1 aromatic heterocycles. The third kappa shape index (κ3) is 4.17. The molecule has 0 saturated heterocycles. The molecule has 0 unspecified atom stereocenters. The van der Waals surface area contributed by atoms with Crippen molar-refractivity contribution in [3.63, 3.8) is 0 Å². The maximum atomic E-state index is 11.8. The van der Waals surface area contributed by atoms with E-state index >= 15 is 0 Å². The van der Waals surface area contributed by atoms with E-state index in [4.69, 9.17) is 9.97 Å². The van der Waals surface area contributed by atoms with Crippen LogP contribution in [-0.4, -0.2) is 33.6 Å². The third-order valence-electron chi connectivity index (χ3n) is 6.42. The molecule has 4 rings (SSSR count). The highest BCUT2D eigenvalue weighted by atomic mass is 16.4. The summed E-state index contributed by atoms with van der Waals surface area (Å²) in [5.41, 5.74) is 2.72. The average Bonchev–Trinajstić information content (AvgIpc) is 2.73. The van der Waals surface area contributed by atoms with Gasteiger partial charge in [-0.05, 0) is 51.3 Å². The van der Waals surface area contributed by atoms with Crippen LogP contribution < -0.4 is 10.2 Å². The third-order valence-corrected chi connectivity index (χ3v) is 6.42. The fourth-order valence-electron chi connectivity index (χ4n) is 3.88. The number of anilines is 3. The van der Waals surface area contributed by atoms with Gasteiger partial charge in [0.2, 0.25) is 5.95 Å². The molecule has 1 saturated carbocycles. The molecular formula is C26H30N4O2. The van der Waals surface area contributed by atoms with Crippen molar-refractivity contribution in [1.29, 1.82) is 0 Å². The Morgan fingerprint density at radius 1 is 1.03 bits per heavy atom. The Morgan fingerprint density at radius 3 is 2.22 bits per heavy atom. The lowest BCUT2D eigenvalue weighted by Crippen LogP contribution is -2.42. The van der Waals surface area contributed by atoms with Crippen molar-refractivity contribution in [2.24, 2.45) is 0 Å². The van der Waals surface area contributed by atoms with Crippen LogP contribution in [0.15, 0.2) is 60.7 Å². The smallest absolute Gasteiger partial charge is 0.314 e. The largest absolute Gasteiger partial charge is 0.481 e. The molecule has 1 heterocycles. The Bertz CT molecular complexity index is 1100. The Hall–Kier alpha value is -3.41. The second-order valence-corrected chi connectivity index (χ2v) is 9.48. The summed E-state index contributed by atoms with van der Waals surface area (Å²) in [4.78, 5) is 23.4. The first-order valence-corrected chi connectivity index (χ1v) is 11.0. The summed E-state index contributed by atoms with van der Waals surface area (Å²) in [5, 5.41) is 13.1. The van der Waals surface area contributed by atoms with Gasteiger partial charge < -0.3 is 15.3 Å². The van der Waals surface area contributed by atoms with E-state index in [-0.39, 0.29) is 5.54 Å². The van der Waals surface area contributed by atoms with E-state index in [2.05, 4.69) is 31.0 Å². The normalized spacial score (nSPS) is 15.0. The van der Waals surface area contributed by atoms with Crippen molar-refractivity contribution >= 4 is 23.4 Å². The number of hydrogen-bond acceptors (Lipinski definition) is 5. The van der Waals surface area contributed by atoms with E-state index in [9.17, 15) is 9.90 Å². The Morgan fingerprint density at radius 2 is 1.69 bits per heavy atom. The average molecular weight is 431 g/mol. The summed E-state index contributed by atoms with van der Waals surface area (Å²) >= 11 is 0. The van der Waals surface area contributed by atoms with E-state index in [1.807, 2.05) is 67.7 Å². The summed E-state index contributed by atoms with van der Waals surface area (Å²) in [7, 11) is 1.99. The minimum absolute atomic E-state index is 0.137. The summed E-state index contributed by atoms with van der Waals surface area (Å²) in [6.07, 6.45) is 2.35. The number of aliphatic carboxylic acids is 1. The summed E-state index contributed by atoms with van der Waals surface area (Å²) in [6.45, 7) is 6.36. The standard InChI is InChI=1S/C26H30N4O2/c1-25(2,3)30(4)24-28-21(18-9-6-5-7-10-18)17-22(29-24)27-20-13-11-19(12-14-20)26(23(31)32)15-8-16-26/h5-7,9-14,17H,8,15-16H2,1-4H3,(H,31,32)(H,27,28,29). The van der Waals surface area contributed by atoms with Gasteiger partial charge in [0.15, 0.2) is 0 Å². The van der Waals surface area contributed by atoms with Gasteiger partial charge in [0.25, 0.3) is 0 Å². The van der Waals surface area contributed by atoms with Gasteiger partial charge in [0, 0.05) is 29.9 Å². The van der Waals surface area contributed by atoms with Gasteiger partial charge in [0.05, 0.1) is 11.1 Å². The molecule has 2 aromatic carbocycles. The fraction of sp³-hybridized carbons (Fsp3) is 0.346. The lowest BCUT2D eigenvalue weighted by atomic mass is 9.64. The monoisotopic (exact) mass is 430 g/mol. The van der Waals surface area contributed by atoms with Crippen LogP contribution in [0.5, 0.6) is 0 Å². The second kappa shape index (κ2) is 8.26. The van der Waals surface area contributed by atoms with Crippen LogP contribution in [0.2, 0.25) is 0 Å². The van der Waals surface area contributed by atoms with E-state index in [1.54, 1.807) is 0 Å². The number of rotatable bonds is 6. The lowest BCUT2D eigenvalue weighted by molar-refractivity contribution is -0.147. The number of carboxylic acid groups (broad SMARTS) is 1. The van der Waals surface area contributed by atoms with Crippen LogP contribution in [0.1, 0.15) is 45.6 Å². The van der Waals surface area contributed by atoms with Gasteiger partial charge in [-0.1, -0.05) is 48.9 Å². The quantitative estimate of drug-likeness (QED) is 0.528. The zero-order chi connectivity index (χ0) is 22.9. The van der Waals surface area contributed by atoms with Gasteiger partial charge >= 0.3 is 5.97 Å². The van der Waals surface area contributed by atoms with Crippen molar-refractivity contribution in [2.75, 3.05) is 17.3 Å². The highest BCUT2D eigenvalue weighted by Gasteiger charge is 2.45. The molecule has 2 N–H and O–H groups in total. The number of nitrogens with zero attached hydrogens (tertiary/aromatic N) is 3. The topological polar surface area (TPSA) is 78.4 Å². The molecule has 1 aliphatic carbocycles. The van der Waals surface area contributed by atoms with Crippen molar-refractivity contribution < 1.29 is 9.90 Å². The molecule has 32 heavy (non-hydrogen) atoms. The van der Waals surface area contributed by atoms with Gasteiger partial charge in [0.1, 0.15) is 5.82 Å². The van der Waals surface area contributed by atoms with E-state index in [0.29, 0.717) is 24.6 Å². The molecule has 1 aliphatic rings. The van der Waals surface area contributed by atoms with E-state index < -0.39 is 11.4 Å². The van der Waals surface area contributed by atoms with Crippen molar-refractivity contribution in [2.45, 2.75) is 51.0 Å². The van der Waals surface area contributed by atoms with E-state index in [1.165, 1.54) is 0 Å². The first-order valence-electron chi connectivity index (χ1n) is 11.0. The summed E-state index contributed by atoms with van der Waals surface area (Å²) < 4.78 is 0. The molecule has 0 atom stereocenters. The van der Waals surface area contributed by atoms with Crippen LogP contribution in [0.3, 0.4) is 0 Å². The molecule has 166 valence electrons. The predicted octanol–water partition coefficient (Wildman–Crippen LogP) is 5.63. The Balaban J connectivity index is 1.66. The molecule has 0 aliphatic heterocycles. The molecule has 0 bridgehead atoms. The fourth-order valence-corrected chi connectivity index (χ4v) is 3.88. The first-order chi connectivity index (χ1) is 15.2. The van der Waals surface area contributed by atoms with Gasteiger partial charge in [-0.2, -0.15) is 4.98 Å². The highest BCUT2D eigenvalue weighted by Crippen LogP contribution is 2.44. The summed E-state index contributed by atoms with van der Waals surface area (Å²) in [6, 6.07) is 19.7. The number of benzene rings is 2. The molecule has 1 fully saturated rings. The molecule has 6 nitrogen and oxygen atoms in total. The van der Waals surface area contributed by atoms with Crippen molar-refractivity contribution in [1.82, 2.24) is 9.97 Å². The second-order valence-electron chi connectivity index (χ2n) is 9.48. The Kier molecular flexibility index (Phi) is 5.63. The lowest BCUT2D eigenvalue weighted by Gasteiger charge is -2.38. The van der Waals surface area contributed by atoms with Crippen molar-refractivity contribution in [3.8, 4) is 11.3 Å². The molecule has 6 heteroatoms. The first kappa shape index (κ1) is 21.8. The number of aromatic nitrogens is 2. The maximum absolute atomic E-state index is 11.8. The number of carbonyl (C=O) groups is 1. The van der Waals surface area contributed by atoms with E-state index in [0.717, 1.165) is 28.9 Å². The van der Waals surface area contributed by atoms with Crippen LogP contribution in [0, 0.1) is 0 Å².